The van der Waals surface area contributed by atoms with Gasteiger partial charge in [-0.15, -0.1) is 0 Å². The Labute approximate surface area is 107 Å². The highest BCUT2D eigenvalue weighted by Gasteiger charge is 2.23. The molecule has 1 aliphatic heterocycles. The molecule has 0 aliphatic carbocycles. The minimum absolute atomic E-state index is 0.126. The summed E-state index contributed by atoms with van der Waals surface area (Å²) in [5.74, 6) is -0.0709. The van der Waals surface area contributed by atoms with Crippen molar-refractivity contribution in [2.75, 3.05) is 19.6 Å². The van der Waals surface area contributed by atoms with E-state index in [1.807, 2.05) is 11.0 Å². The summed E-state index contributed by atoms with van der Waals surface area (Å²) in [4.78, 5) is 13.4. The Hall–Kier alpha value is -1.42. The SMILES string of the molecule is CC(=O)N1CCNCC1CCc1cccc(F)c1. The van der Waals surface area contributed by atoms with Crippen molar-refractivity contribution in [1.82, 2.24) is 10.2 Å². The number of aryl methyl sites for hydroxylation is 1. The van der Waals surface area contributed by atoms with E-state index in [1.54, 1.807) is 19.1 Å². The van der Waals surface area contributed by atoms with Gasteiger partial charge < -0.3 is 10.2 Å². The number of nitrogens with zero attached hydrogens (tertiary/aromatic N) is 1. The zero-order valence-electron chi connectivity index (χ0n) is 10.7. The van der Waals surface area contributed by atoms with Gasteiger partial charge in [0.1, 0.15) is 5.82 Å². The molecule has 0 bridgehead atoms. The molecular formula is C14H19FN2O. The number of carbonyl (C=O) groups is 1. The van der Waals surface area contributed by atoms with Crippen LogP contribution in [0.4, 0.5) is 4.39 Å². The number of rotatable bonds is 3. The summed E-state index contributed by atoms with van der Waals surface area (Å²) in [6.45, 7) is 4.06. The average molecular weight is 250 g/mol. The fourth-order valence-electron chi connectivity index (χ4n) is 2.46. The van der Waals surface area contributed by atoms with Crippen molar-refractivity contribution in [1.29, 1.82) is 0 Å². The van der Waals surface area contributed by atoms with Crippen LogP contribution >= 0.6 is 0 Å². The number of carbonyl (C=O) groups excluding carboxylic acids is 1. The zero-order chi connectivity index (χ0) is 13.0. The number of halogens is 1. The third-order valence-corrected chi connectivity index (χ3v) is 3.41. The molecule has 1 aliphatic rings. The maximum absolute atomic E-state index is 13.1. The van der Waals surface area contributed by atoms with Gasteiger partial charge in [0.05, 0.1) is 0 Å². The largest absolute Gasteiger partial charge is 0.337 e. The molecule has 1 fully saturated rings. The van der Waals surface area contributed by atoms with Crippen LogP contribution in [0.2, 0.25) is 0 Å². The minimum Gasteiger partial charge on any atom is -0.337 e. The normalized spacial score (nSPS) is 19.9. The standard InChI is InChI=1S/C14H19FN2O/c1-11(18)17-8-7-16-10-14(17)6-5-12-3-2-4-13(15)9-12/h2-4,9,14,16H,5-8,10H2,1H3. The summed E-state index contributed by atoms with van der Waals surface area (Å²) >= 11 is 0. The minimum atomic E-state index is -0.197. The van der Waals surface area contributed by atoms with Gasteiger partial charge in [0.15, 0.2) is 0 Å². The van der Waals surface area contributed by atoms with Crippen LogP contribution in [0.25, 0.3) is 0 Å². The fraction of sp³-hybridized carbons (Fsp3) is 0.500. The molecule has 4 heteroatoms. The van der Waals surface area contributed by atoms with Crippen LogP contribution in [0.15, 0.2) is 24.3 Å². The van der Waals surface area contributed by atoms with Gasteiger partial charge in [0.25, 0.3) is 0 Å². The number of nitrogens with one attached hydrogen (secondary N) is 1. The van der Waals surface area contributed by atoms with Crippen LogP contribution in [0, 0.1) is 5.82 Å². The Balaban J connectivity index is 1.93. The van der Waals surface area contributed by atoms with Crippen molar-refractivity contribution in [3.8, 4) is 0 Å². The van der Waals surface area contributed by atoms with Crippen LogP contribution < -0.4 is 5.32 Å². The lowest BCUT2D eigenvalue weighted by atomic mass is 10.0. The second kappa shape index (κ2) is 5.96. The summed E-state index contributed by atoms with van der Waals surface area (Å²) in [7, 11) is 0. The lowest BCUT2D eigenvalue weighted by Gasteiger charge is -2.35. The second-order valence-electron chi connectivity index (χ2n) is 4.74. The Kier molecular flexibility index (Phi) is 4.31. The highest BCUT2D eigenvalue weighted by atomic mass is 19.1. The summed E-state index contributed by atoms with van der Waals surface area (Å²) in [5, 5.41) is 3.30. The highest BCUT2D eigenvalue weighted by Crippen LogP contribution is 2.13. The van der Waals surface area contributed by atoms with Gasteiger partial charge in [-0.25, -0.2) is 4.39 Å². The molecule has 0 radical (unpaired) electrons. The van der Waals surface area contributed by atoms with Gasteiger partial charge in [-0.05, 0) is 30.5 Å². The number of amides is 1. The average Bonchev–Trinajstić information content (AvgIpc) is 2.37. The first kappa shape index (κ1) is 13.0. The van der Waals surface area contributed by atoms with Crippen molar-refractivity contribution in [3.63, 3.8) is 0 Å². The molecule has 1 heterocycles. The lowest BCUT2D eigenvalue weighted by Crippen LogP contribution is -2.53. The van der Waals surface area contributed by atoms with E-state index < -0.39 is 0 Å². The predicted molar refractivity (Wildman–Crippen MR) is 68.8 cm³/mol. The van der Waals surface area contributed by atoms with Gasteiger partial charge in [0, 0.05) is 32.6 Å². The number of benzene rings is 1. The van der Waals surface area contributed by atoms with Crippen LogP contribution in [0.1, 0.15) is 18.9 Å². The molecule has 18 heavy (non-hydrogen) atoms. The predicted octanol–water partition coefficient (Wildman–Crippen LogP) is 1.58. The van der Waals surface area contributed by atoms with Gasteiger partial charge in [-0.1, -0.05) is 12.1 Å². The Bertz CT molecular complexity index is 422. The maximum Gasteiger partial charge on any atom is 0.219 e. The van der Waals surface area contributed by atoms with Crippen LogP contribution in [-0.4, -0.2) is 36.5 Å². The first-order valence-electron chi connectivity index (χ1n) is 6.39. The molecule has 1 unspecified atom stereocenters. The summed E-state index contributed by atoms with van der Waals surface area (Å²) in [6.07, 6.45) is 1.67. The summed E-state index contributed by atoms with van der Waals surface area (Å²) < 4.78 is 13.1. The number of hydrogen-bond donors (Lipinski definition) is 1. The first-order chi connectivity index (χ1) is 8.66. The topological polar surface area (TPSA) is 32.3 Å². The Morgan fingerprint density at radius 2 is 2.39 bits per heavy atom. The van der Waals surface area contributed by atoms with E-state index in [0.29, 0.717) is 0 Å². The molecule has 0 aromatic heterocycles. The van der Waals surface area contributed by atoms with Gasteiger partial charge >= 0.3 is 0 Å². The number of piperazine rings is 1. The lowest BCUT2D eigenvalue weighted by molar-refractivity contribution is -0.132. The molecule has 1 aromatic carbocycles. The molecule has 1 amide bonds. The van der Waals surface area contributed by atoms with Gasteiger partial charge in [-0.2, -0.15) is 0 Å². The summed E-state index contributed by atoms with van der Waals surface area (Å²) in [5.41, 5.74) is 0.990. The molecular weight excluding hydrogens is 231 g/mol. The summed E-state index contributed by atoms with van der Waals surface area (Å²) in [6, 6.07) is 6.89. The zero-order valence-corrected chi connectivity index (χ0v) is 10.7. The molecule has 0 saturated carbocycles. The second-order valence-corrected chi connectivity index (χ2v) is 4.74. The smallest absolute Gasteiger partial charge is 0.219 e. The Morgan fingerprint density at radius 3 is 3.11 bits per heavy atom. The number of hydrogen-bond acceptors (Lipinski definition) is 2. The highest BCUT2D eigenvalue weighted by molar-refractivity contribution is 5.73. The van der Waals surface area contributed by atoms with Crippen molar-refractivity contribution < 1.29 is 9.18 Å². The molecule has 1 atom stereocenters. The molecule has 1 saturated heterocycles. The third-order valence-electron chi connectivity index (χ3n) is 3.41. The molecule has 2 rings (SSSR count). The van der Waals surface area contributed by atoms with Crippen molar-refractivity contribution >= 4 is 5.91 Å². The van der Waals surface area contributed by atoms with Crippen LogP contribution in [0.5, 0.6) is 0 Å². The molecule has 98 valence electrons. The molecule has 3 nitrogen and oxygen atoms in total. The van der Waals surface area contributed by atoms with Gasteiger partial charge in [0.2, 0.25) is 5.91 Å². The van der Waals surface area contributed by atoms with E-state index in [4.69, 9.17) is 0 Å². The van der Waals surface area contributed by atoms with Crippen molar-refractivity contribution in [3.05, 3.63) is 35.6 Å². The Morgan fingerprint density at radius 1 is 1.56 bits per heavy atom. The van der Waals surface area contributed by atoms with E-state index in [2.05, 4.69) is 5.32 Å². The molecule has 1 N–H and O–H groups in total. The van der Waals surface area contributed by atoms with Crippen molar-refractivity contribution in [2.24, 2.45) is 0 Å². The van der Waals surface area contributed by atoms with E-state index >= 15 is 0 Å². The fourth-order valence-corrected chi connectivity index (χ4v) is 2.46. The monoisotopic (exact) mass is 250 g/mol. The van der Waals surface area contributed by atoms with Crippen molar-refractivity contribution in [2.45, 2.75) is 25.8 Å². The third kappa shape index (κ3) is 3.29. The van der Waals surface area contributed by atoms with E-state index in [1.165, 1.54) is 6.07 Å². The van der Waals surface area contributed by atoms with Gasteiger partial charge in [-0.3, -0.25) is 4.79 Å². The van der Waals surface area contributed by atoms with E-state index in [0.717, 1.165) is 38.0 Å². The van der Waals surface area contributed by atoms with Crippen LogP contribution in [-0.2, 0) is 11.2 Å². The maximum atomic E-state index is 13.1. The van der Waals surface area contributed by atoms with E-state index in [9.17, 15) is 9.18 Å². The molecule has 1 aromatic rings. The molecule has 0 spiro atoms. The van der Waals surface area contributed by atoms with E-state index in [-0.39, 0.29) is 17.8 Å². The first-order valence-corrected chi connectivity index (χ1v) is 6.39. The van der Waals surface area contributed by atoms with Crippen LogP contribution in [0.3, 0.4) is 0 Å². The quantitative estimate of drug-likeness (QED) is 0.883.